The molecule has 0 radical (unpaired) electrons. The van der Waals surface area contributed by atoms with Gasteiger partial charge in [-0.05, 0) is 49.4 Å². The Morgan fingerprint density at radius 1 is 1.19 bits per heavy atom. The zero-order valence-corrected chi connectivity index (χ0v) is 16.0. The number of para-hydroxylation sites is 1. The lowest BCUT2D eigenvalue weighted by atomic mass is 10.3. The minimum absolute atomic E-state index is 0.0152. The lowest BCUT2D eigenvalue weighted by molar-refractivity contribution is -0.116. The lowest BCUT2D eigenvalue weighted by Gasteiger charge is -2.08. The van der Waals surface area contributed by atoms with Gasteiger partial charge in [0, 0.05) is 6.08 Å². The molecule has 0 spiro atoms. The Bertz CT molecular complexity index is 1040. The molecule has 1 aromatic heterocycles. The topological polar surface area (TPSA) is 97.4 Å². The molecule has 0 saturated carbocycles. The Balaban J connectivity index is 1.60. The van der Waals surface area contributed by atoms with Crippen molar-refractivity contribution < 1.29 is 17.9 Å². The van der Waals surface area contributed by atoms with E-state index in [0.29, 0.717) is 17.4 Å². The molecule has 2 N–H and O–H groups in total. The van der Waals surface area contributed by atoms with Crippen molar-refractivity contribution in [3.63, 3.8) is 0 Å². The summed E-state index contributed by atoms with van der Waals surface area (Å²) in [6.45, 7) is 2.32. The average Bonchev–Trinajstić information content (AvgIpc) is 3.08. The molecule has 0 aliphatic rings. The molecule has 0 fully saturated rings. The van der Waals surface area contributed by atoms with Gasteiger partial charge in [-0.25, -0.2) is 13.4 Å². The highest BCUT2D eigenvalue weighted by atomic mass is 32.2. The van der Waals surface area contributed by atoms with Crippen LogP contribution in [0.1, 0.15) is 11.9 Å². The monoisotopic (exact) mass is 403 g/mol. The van der Waals surface area contributed by atoms with E-state index in [9.17, 15) is 13.2 Å². The minimum atomic E-state index is -3.87. The second kappa shape index (κ2) is 8.30. The molecule has 1 heterocycles. The SMILES string of the molecule is CCOc1ccc(S(=O)(=O)NNC(=O)/C=C/c2nc3ccccc3s2)cc1. The number of carbonyl (C=O) groups is 1. The van der Waals surface area contributed by atoms with Gasteiger partial charge in [0.15, 0.2) is 0 Å². The highest BCUT2D eigenvalue weighted by Crippen LogP contribution is 2.22. The summed E-state index contributed by atoms with van der Waals surface area (Å²) in [7, 11) is -3.87. The molecular formula is C18H17N3O4S2. The van der Waals surface area contributed by atoms with Gasteiger partial charge in [-0.15, -0.1) is 16.2 Å². The van der Waals surface area contributed by atoms with Gasteiger partial charge in [-0.2, -0.15) is 0 Å². The maximum absolute atomic E-state index is 12.2. The van der Waals surface area contributed by atoms with Crippen molar-refractivity contribution in [1.29, 1.82) is 0 Å². The molecule has 27 heavy (non-hydrogen) atoms. The molecular weight excluding hydrogens is 386 g/mol. The van der Waals surface area contributed by atoms with Gasteiger partial charge in [0.2, 0.25) is 0 Å². The van der Waals surface area contributed by atoms with Crippen LogP contribution < -0.4 is 15.0 Å². The molecule has 2 aromatic carbocycles. The fourth-order valence-corrected chi connectivity index (χ4v) is 3.93. The number of hydrazine groups is 1. The predicted molar refractivity (Wildman–Crippen MR) is 105 cm³/mol. The van der Waals surface area contributed by atoms with Crippen molar-refractivity contribution in [3.05, 3.63) is 59.6 Å². The molecule has 0 atom stereocenters. The Kier molecular flexibility index (Phi) is 5.84. The number of hydrogen-bond donors (Lipinski definition) is 2. The molecule has 1 amide bonds. The van der Waals surface area contributed by atoms with Crippen LogP contribution in [0.3, 0.4) is 0 Å². The van der Waals surface area contributed by atoms with Gasteiger partial charge in [0.05, 0.1) is 21.7 Å². The van der Waals surface area contributed by atoms with Crippen LogP contribution in [0.4, 0.5) is 0 Å². The summed E-state index contributed by atoms with van der Waals surface area (Å²) in [5.41, 5.74) is 2.99. The van der Waals surface area contributed by atoms with Crippen LogP contribution in [0.25, 0.3) is 16.3 Å². The van der Waals surface area contributed by atoms with Gasteiger partial charge >= 0.3 is 0 Å². The third kappa shape index (κ3) is 4.91. The van der Waals surface area contributed by atoms with E-state index in [-0.39, 0.29) is 4.90 Å². The zero-order chi connectivity index (χ0) is 19.3. The second-order valence-corrected chi connectivity index (χ2v) is 8.10. The van der Waals surface area contributed by atoms with Crippen LogP contribution >= 0.6 is 11.3 Å². The van der Waals surface area contributed by atoms with Gasteiger partial charge in [-0.3, -0.25) is 10.2 Å². The third-order valence-electron chi connectivity index (χ3n) is 3.44. The maximum atomic E-state index is 12.2. The standard InChI is InChI=1S/C18H17N3O4S2/c1-2-25-13-7-9-14(10-8-13)27(23,24)21-20-17(22)11-12-18-19-15-5-3-4-6-16(15)26-18/h3-12,21H,2H2,1H3,(H,20,22)/b12-11+. The first-order valence-electron chi connectivity index (χ1n) is 8.06. The average molecular weight is 403 g/mol. The summed E-state index contributed by atoms with van der Waals surface area (Å²) in [6, 6.07) is 13.5. The van der Waals surface area contributed by atoms with E-state index in [0.717, 1.165) is 10.2 Å². The van der Waals surface area contributed by atoms with Crippen LogP contribution in [0.2, 0.25) is 0 Å². The number of sulfonamides is 1. The van der Waals surface area contributed by atoms with Gasteiger partial charge in [0.25, 0.3) is 15.9 Å². The maximum Gasteiger partial charge on any atom is 0.259 e. The number of benzene rings is 2. The fourth-order valence-electron chi connectivity index (χ4n) is 2.21. The number of fused-ring (bicyclic) bond motifs is 1. The molecule has 0 bridgehead atoms. The number of aromatic nitrogens is 1. The molecule has 7 nitrogen and oxygen atoms in total. The largest absolute Gasteiger partial charge is 0.494 e. The smallest absolute Gasteiger partial charge is 0.259 e. The third-order valence-corrected chi connectivity index (χ3v) is 5.71. The van der Waals surface area contributed by atoms with Crippen molar-refractivity contribution in [2.24, 2.45) is 0 Å². The number of rotatable bonds is 7. The number of amides is 1. The van der Waals surface area contributed by atoms with E-state index in [4.69, 9.17) is 4.74 Å². The van der Waals surface area contributed by atoms with E-state index >= 15 is 0 Å². The Labute approximate surface area is 160 Å². The van der Waals surface area contributed by atoms with Crippen LogP contribution in [0.5, 0.6) is 5.75 Å². The second-order valence-electron chi connectivity index (χ2n) is 5.35. The normalized spacial score (nSPS) is 11.7. The summed E-state index contributed by atoms with van der Waals surface area (Å²) in [5, 5.41) is 0.653. The highest BCUT2D eigenvalue weighted by molar-refractivity contribution is 7.89. The summed E-state index contributed by atoms with van der Waals surface area (Å²) in [6.07, 6.45) is 2.75. The van der Waals surface area contributed by atoms with Crippen LogP contribution in [0, 0.1) is 0 Å². The van der Waals surface area contributed by atoms with E-state index < -0.39 is 15.9 Å². The van der Waals surface area contributed by atoms with Crippen molar-refractivity contribution >= 4 is 43.6 Å². The Morgan fingerprint density at radius 3 is 2.63 bits per heavy atom. The van der Waals surface area contributed by atoms with Crippen molar-refractivity contribution in [3.8, 4) is 5.75 Å². The number of carbonyl (C=O) groups excluding carboxylic acids is 1. The van der Waals surface area contributed by atoms with E-state index in [1.165, 1.54) is 35.6 Å². The minimum Gasteiger partial charge on any atom is -0.494 e. The van der Waals surface area contributed by atoms with E-state index in [1.54, 1.807) is 12.1 Å². The van der Waals surface area contributed by atoms with Crippen LogP contribution in [-0.2, 0) is 14.8 Å². The van der Waals surface area contributed by atoms with E-state index in [2.05, 4.69) is 15.2 Å². The summed E-state index contributed by atoms with van der Waals surface area (Å²) in [4.78, 5) is 18.3. The molecule has 0 unspecified atom stereocenters. The van der Waals surface area contributed by atoms with Crippen molar-refractivity contribution in [2.45, 2.75) is 11.8 Å². The Morgan fingerprint density at radius 2 is 1.93 bits per heavy atom. The molecule has 3 aromatic rings. The highest BCUT2D eigenvalue weighted by Gasteiger charge is 2.14. The lowest BCUT2D eigenvalue weighted by Crippen LogP contribution is -2.40. The van der Waals surface area contributed by atoms with Crippen molar-refractivity contribution in [1.82, 2.24) is 15.2 Å². The first-order valence-corrected chi connectivity index (χ1v) is 10.4. The van der Waals surface area contributed by atoms with Crippen molar-refractivity contribution in [2.75, 3.05) is 6.61 Å². The fraction of sp³-hybridized carbons (Fsp3) is 0.111. The number of nitrogens with one attached hydrogen (secondary N) is 2. The molecule has 0 saturated heterocycles. The number of thiazole rings is 1. The number of hydrogen-bond acceptors (Lipinski definition) is 6. The summed E-state index contributed by atoms with van der Waals surface area (Å²) in [5.74, 6) is -0.0389. The van der Waals surface area contributed by atoms with Crippen LogP contribution in [-0.4, -0.2) is 25.9 Å². The van der Waals surface area contributed by atoms with Gasteiger partial charge in [-0.1, -0.05) is 12.1 Å². The first kappa shape index (κ1) is 19.0. The molecule has 0 aliphatic carbocycles. The van der Waals surface area contributed by atoms with Gasteiger partial charge in [0.1, 0.15) is 10.8 Å². The number of nitrogens with zero attached hydrogens (tertiary/aromatic N) is 1. The number of ether oxygens (including phenoxy) is 1. The molecule has 140 valence electrons. The molecule has 9 heteroatoms. The quantitative estimate of drug-likeness (QED) is 0.467. The summed E-state index contributed by atoms with van der Waals surface area (Å²) >= 11 is 1.44. The zero-order valence-electron chi connectivity index (χ0n) is 14.4. The van der Waals surface area contributed by atoms with Crippen LogP contribution in [0.15, 0.2) is 59.5 Å². The first-order chi connectivity index (χ1) is 13.0. The summed E-state index contributed by atoms with van der Waals surface area (Å²) < 4.78 is 30.7. The Hall–Kier alpha value is -2.75. The van der Waals surface area contributed by atoms with Gasteiger partial charge < -0.3 is 4.74 Å². The predicted octanol–water partition coefficient (Wildman–Crippen LogP) is 2.72. The van der Waals surface area contributed by atoms with E-state index in [1.807, 2.05) is 31.2 Å². The molecule has 3 rings (SSSR count). The molecule has 0 aliphatic heterocycles.